The van der Waals surface area contributed by atoms with Crippen LogP contribution in [0.3, 0.4) is 0 Å². The molecule has 0 atom stereocenters. The molecule has 0 heterocycles. The molecule has 0 aliphatic heterocycles. The largest absolute Gasteiger partial charge is 0.494 e. The average Bonchev–Trinajstić information content (AvgIpc) is 2.18. The Morgan fingerprint density at radius 3 is 2.79 bits per heavy atom. The van der Waals surface area contributed by atoms with Crippen molar-refractivity contribution in [2.75, 3.05) is 6.61 Å². The molecule has 74 valence electrons. The lowest BCUT2D eigenvalue weighted by Gasteiger charge is -2.02. The van der Waals surface area contributed by atoms with Crippen LogP contribution in [-0.2, 0) is 0 Å². The van der Waals surface area contributed by atoms with Crippen molar-refractivity contribution in [3.63, 3.8) is 0 Å². The van der Waals surface area contributed by atoms with Gasteiger partial charge in [-0.2, -0.15) is 0 Å². The van der Waals surface area contributed by atoms with Gasteiger partial charge in [0, 0.05) is 0 Å². The van der Waals surface area contributed by atoms with Gasteiger partial charge in [-0.3, -0.25) is 14.9 Å². The normalized spacial score (nSPS) is 9.50. The van der Waals surface area contributed by atoms with E-state index >= 15 is 0 Å². The van der Waals surface area contributed by atoms with Crippen LogP contribution < -0.4 is 4.74 Å². The van der Waals surface area contributed by atoms with Crippen molar-refractivity contribution < 1.29 is 14.5 Å². The van der Waals surface area contributed by atoms with Crippen molar-refractivity contribution in [2.24, 2.45) is 0 Å². The molecule has 0 spiro atoms. The lowest BCUT2D eigenvalue weighted by Crippen LogP contribution is -1.97. The predicted octanol–water partition coefficient (Wildman–Crippen LogP) is 1.81. The first-order chi connectivity index (χ1) is 6.69. The molecule has 0 saturated heterocycles. The molecule has 0 radical (unpaired) electrons. The number of rotatable bonds is 4. The maximum Gasteiger partial charge on any atom is 0.283 e. The SMILES string of the molecule is CCOc1ccc(C=O)c([N+](=O)[O-])c1. The maximum atomic E-state index is 10.5. The van der Waals surface area contributed by atoms with Crippen molar-refractivity contribution in [1.82, 2.24) is 0 Å². The van der Waals surface area contributed by atoms with Crippen LogP contribution in [0.1, 0.15) is 17.3 Å². The summed E-state index contributed by atoms with van der Waals surface area (Å²) in [6, 6.07) is 4.14. The third kappa shape index (κ3) is 2.07. The number of carbonyl (C=O) groups is 1. The fraction of sp³-hybridized carbons (Fsp3) is 0.222. The van der Waals surface area contributed by atoms with E-state index in [-0.39, 0.29) is 11.3 Å². The number of nitro benzene ring substituents is 1. The number of ether oxygens (including phenoxy) is 1. The number of hydrogen-bond donors (Lipinski definition) is 0. The number of hydrogen-bond acceptors (Lipinski definition) is 4. The second kappa shape index (κ2) is 4.36. The van der Waals surface area contributed by atoms with Gasteiger partial charge in [0.25, 0.3) is 5.69 Å². The first-order valence-corrected chi connectivity index (χ1v) is 4.05. The Bertz CT molecular complexity index is 362. The van der Waals surface area contributed by atoms with Crippen LogP contribution in [0, 0.1) is 10.1 Å². The van der Waals surface area contributed by atoms with Crippen molar-refractivity contribution in [2.45, 2.75) is 6.92 Å². The molecule has 0 N–H and O–H groups in total. The smallest absolute Gasteiger partial charge is 0.283 e. The lowest BCUT2D eigenvalue weighted by atomic mass is 10.2. The Balaban J connectivity index is 3.13. The molecule has 0 amide bonds. The molecule has 0 bridgehead atoms. The van der Waals surface area contributed by atoms with E-state index in [1.807, 2.05) is 0 Å². The second-order valence-electron chi connectivity index (χ2n) is 2.53. The number of aldehydes is 1. The lowest BCUT2D eigenvalue weighted by molar-refractivity contribution is -0.385. The Morgan fingerprint density at radius 1 is 1.57 bits per heavy atom. The van der Waals surface area contributed by atoms with Crippen molar-refractivity contribution in [3.05, 3.63) is 33.9 Å². The van der Waals surface area contributed by atoms with Gasteiger partial charge in [0.15, 0.2) is 6.29 Å². The Hall–Kier alpha value is -1.91. The molecule has 5 nitrogen and oxygen atoms in total. The summed E-state index contributed by atoms with van der Waals surface area (Å²) in [7, 11) is 0. The van der Waals surface area contributed by atoms with E-state index in [2.05, 4.69) is 0 Å². The van der Waals surface area contributed by atoms with E-state index in [9.17, 15) is 14.9 Å². The number of nitrogens with zero attached hydrogens (tertiary/aromatic N) is 1. The molecule has 0 saturated carbocycles. The van der Waals surface area contributed by atoms with Crippen molar-refractivity contribution >= 4 is 12.0 Å². The molecule has 1 aromatic rings. The highest BCUT2D eigenvalue weighted by molar-refractivity contribution is 5.81. The second-order valence-corrected chi connectivity index (χ2v) is 2.53. The molecule has 0 aromatic heterocycles. The van der Waals surface area contributed by atoms with Crippen LogP contribution in [0.5, 0.6) is 5.75 Å². The third-order valence-electron chi connectivity index (χ3n) is 1.64. The molecular weight excluding hydrogens is 186 g/mol. The standard InChI is InChI=1S/C9H9NO4/c1-2-14-8-4-3-7(6-11)9(5-8)10(12)13/h3-6H,2H2,1H3. The molecular formula is C9H9NO4. The Labute approximate surface area is 80.5 Å². The predicted molar refractivity (Wildman–Crippen MR) is 49.7 cm³/mol. The van der Waals surface area contributed by atoms with Gasteiger partial charge >= 0.3 is 0 Å². The van der Waals surface area contributed by atoms with Gasteiger partial charge in [-0.15, -0.1) is 0 Å². The fourth-order valence-corrected chi connectivity index (χ4v) is 1.04. The zero-order valence-corrected chi connectivity index (χ0v) is 7.60. The zero-order chi connectivity index (χ0) is 10.6. The van der Waals surface area contributed by atoms with Gasteiger partial charge < -0.3 is 4.74 Å². The fourth-order valence-electron chi connectivity index (χ4n) is 1.04. The molecule has 14 heavy (non-hydrogen) atoms. The molecule has 1 aromatic carbocycles. The minimum absolute atomic E-state index is 0.0541. The summed E-state index contributed by atoms with van der Waals surface area (Å²) >= 11 is 0. The first kappa shape index (κ1) is 10.2. The molecule has 0 aliphatic carbocycles. The first-order valence-electron chi connectivity index (χ1n) is 4.05. The minimum Gasteiger partial charge on any atom is -0.494 e. The quantitative estimate of drug-likeness (QED) is 0.417. The van der Waals surface area contributed by atoms with Crippen molar-refractivity contribution in [1.29, 1.82) is 0 Å². The Kier molecular flexibility index (Phi) is 3.17. The minimum atomic E-state index is -0.605. The maximum absolute atomic E-state index is 10.5. The van der Waals surface area contributed by atoms with Crippen LogP contribution in [0.25, 0.3) is 0 Å². The summed E-state index contributed by atoms with van der Waals surface area (Å²) in [5.74, 6) is 0.393. The summed E-state index contributed by atoms with van der Waals surface area (Å²) in [5.41, 5.74) is -0.176. The van der Waals surface area contributed by atoms with E-state index in [0.29, 0.717) is 18.6 Å². The molecule has 0 fully saturated rings. The van der Waals surface area contributed by atoms with Crippen LogP contribution in [0.15, 0.2) is 18.2 Å². The third-order valence-corrected chi connectivity index (χ3v) is 1.64. The molecule has 0 aliphatic rings. The number of benzene rings is 1. The Morgan fingerprint density at radius 2 is 2.29 bits per heavy atom. The van der Waals surface area contributed by atoms with Gasteiger partial charge in [-0.1, -0.05) is 0 Å². The molecule has 5 heteroatoms. The van der Waals surface area contributed by atoms with Crippen LogP contribution in [-0.4, -0.2) is 17.8 Å². The summed E-state index contributed by atoms with van der Waals surface area (Å²) in [5, 5.41) is 10.5. The highest BCUT2D eigenvalue weighted by atomic mass is 16.6. The van der Waals surface area contributed by atoms with E-state index in [1.165, 1.54) is 18.2 Å². The monoisotopic (exact) mass is 195 g/mol. The van der Waals surface area contributed by atoms with E-state index < -0.39 is 4.92 Å². The summed E-state index contributed by atoms with van der Waals surface area (Å²) in [6.07, 6.45) is 0.452. The van der Waals surface area contributed by atoms with Crippen molar-refractivity contribution in [3.8, 4) is 5.75 Å². The molecule has 0 unspecified atom stereocenters. The van der Waals surface area contributed by atoms with Crippen LogP contribution in [0.2, 0.25) is 0 Å². The van der Waals surface area contributed by atoms with Crippen LogP contribution in [0.4, 0.5) is 5.69 Å². The van der Waals surface area contributed by atoms with Gasteiger partial charge in [0.05, 0.1) is 23.2 Å². The number of carbonyl (C=O) groups excluding carboxylic acids is 1. The van der Waals surface area contributed by atoms with E-state index in [0.717, 1.165) is 0 Å². The average molecular weight is 195 g/mol. The summed E-state index contributed by atoms with van der Waals surface area (Å²) in [6.45, 7) is 2.21. The summed E-state index contributed by atoms with van der Waals surface area (Å²) in [4.78, 5) is 20.4. The highest BCUT2D eigenvalue weighted by Crippen LogP contribution is 2.23. The van der Waals surface area contributed by atoms with E-state index in [4.69, 9.17) is 4.74 Å². The van der Waals surface area contributed by atoms with Crippen LogP contribution >= 0.6 is 0 Å². The zero-order valence-electron chi connectivity index (χ0n) is 7.60. The molecule has 1 rings (SSSR count). The highest BCUT2D eigenvalue weighted by Gasteiger charge is 2.13. The van der Waals surface area contributed by atoms with Gasteiger partial charge in [0.2, 0.25) is 0 Å². The number of nitro groups is 1. The van der Waals surface area contributed by atoms with Gasteiger partial charge in [-0.05, 0) is 19.1 Å². The summed E-state index contributed by atoms with van der Waals surface area (Å²) < 4.78 is 5.08. The topological polar surface area (TPSA) is 69.4 Å². The van der Waals surface area contributed by atoms with Gasteiger partial charge in [-0.25, -0.2) is 0 Å². The van der Waals surface area contributed by atoms with Gasteiger partial charge in [0.1, 0.15) is 5.75 Å². The van der Waals surface area contributed by atoms with E-state index in [1.54, 1.807) is 6.92 Å².